The van der Waals surface area contributed by atoms with E-state index in [0.29, 0.717) is 12.6 Å². The van der Waals surface area contributed by atoms with E-state index in [0.717, 1.165) is 30.6 Å². The molecule has 2 rings (SSSR count). The van der Waals surface area contributed by atoms with Crippen LogP contribution in [0.15, 0.2) is 10.5 Å². The van der Waals surface area contributed by atoms with Crippen LogP contribution in [0, 0.1) is 12.8 Å². The van der Waals surface area contributed by atoms with Gasteiger partial charge in [0.1, 0.15) is 18.1 Å². The number of aryl methyl sites for hydroxylation is 1. The fourth-order valence-electron chi connectivity index (χ4n) is 1.96. The van der Waals surface area contributed by atoms with Gasteiger partial charge in [0.25, 0.3) is 0 Å². The van der Waals surface area contributed by atoms with Crippen LogP contribution in [-0.2, 0) is 17.9 Å². The highest BCUT2D eigenvalue weighted by molar-refractivity contribution is 5.19. The standard InChI is InChI=1S/C15H25NO2/c1-11(2)16-9-15-12(3)8-14(18-15)10-17-7-6-13-4-5-13/h8,11,13,16H,4-7,9-10H2,1-3H3. The van der Waals surface area contributed by atoms with Gasteiger partial charge in [0.2, 0.25) is 0 Å². The first-order valence-corrected chi connectivity index (χ1v) is 7.04. The highest BCUT2D eigenvalue weighted by atomic mass is 16.5. The smallest absolute Gasteiger partial charge is 0.130 e. The van der Waals surface area contributed by atoms with E-state index in [4.69, 9.17) is 9.15 Å². The third-order valence-electron chi connectivity index (χ3n) is 3.35. The Balaban J connectivity index is 1.72. The van der Waals surface area contributed by atoms with E-state index < -0.39 is 0 Å². The molecule has 0 atom stereocenters. The number of hydrogen-bond acceptors (Lipinski definition) is 3. The van der Waals surface area contributed by atoms with Crippen LogP contribution in [0.3, 0.4) is 0 Å². The maximum atomic E-state index is 5.80. The molecule has 0 amide bonds. The molecule has 18 heavy (non-hydrogen) atoms. The first-order chi connectivity index (χ1) is 8.65. The molecule has 1 heterocycles. The first kappa shape index (κ1) is 13.6. The molecule has 0 aliphatic heterocycles. The van der Waals surface area contributed by atoms with Crippen LogP contribution < -0.4 is 5.32 Å². The molecule has 1 fully saturated rings. The molecule has 0 radical (unpaired) electrons. The van der Waals surface area contributed by atoms with Crippen LogP contribution >= 0.6 is 0 Å². The molecule has 3 heteroatoms. The molecule has 0 bridgehead atoms. The Labute approximate surface area is 110 Å². The highest BCUT2D eigenvalue weighted by Crippen LogP contribution is 2.32. The average Bonchev–Trinajstić information content (AvgIpc) is 3.07. The molecule has 0 spiro atoms. The fraction of sp³-hybridized carbons (Fsp3) is 0.733. The largest absolute Gasteiger partial charge is 0.462 e. The van der Waals surface area contributed by atoms with E-state index >= 15 is 0 Å². The van der Waals surface area contributed by atoms with Gasteiger partial charge in [-0.25, -0.2) is 0 Å². The molecular weight excluding hydrogens is 226 g/mol. The van der Waals surface area contributed by atoms with Crippen molar-refractivity contribution >= 4 is 0 Å². The van der Waals surface area contributed by atoms with Gasteiger partial charge in [-0.15, -0.1) is 0 Å². The van der Waals surface area contributed by atoms with Crippen LogP contribution in [0.25, 0.3) is 0 Å². The molecule has 3 nitrogen and oxygen atoms in total. The molecule has 1 aliphatic carbocycles. The lowest BCUT2D eigenvalue weighted by Crippen LogP contribution is -2.21. The Bertz CT molecular complexity index is 367. The lowest BCUT2D eigenvalue weighted by atomic mass is 10.2. The Morgan fingerprint density at radius 2 is 2.22 bits per heavy atom. The Kier molecular flexibility index (Phi) is 4.84. The third kappa shape index (κ3) is 4.46. The summed E-state index contributed by atoms with van der Waals surface area (Å²) < 4.78 is 11.5. The summed E-state index contributed by atoms with van der Waals surface area (Å²) >= 11 is 0. The fourth-order valence-corrected chi connectivity index (χ4v) is 1.96. The van der Waals surface area contributed by atoms with Crippen LogP contribution in [0.4, 0.5) is 0 Å². The molecule has 0 unspecified atom stereocenters. The first-order valence-electron chi connectivity index (χ1n) is 7.04. The highest BCUT2D eigenvalue weighted by Gasteiger charge is 2.20. The predicted octanol–water partition coefficient (Wildman–Crippen LogP) is 3.40. The summed E-state index contributed by atoms with van der Waals surface area (Å²) in [7, 11) is 0. The summed E-state index contributed by atoms with van der Waals surface area (Å²) in [5.41, 5.74) is 1.21. The Morgan fingerprint density at radius 3 is 2.89 bits per heavy atom. The molecule has 1 saturated carbocycles. The third-order valence-corrected chi connectivity index (χ3v) is 3.35. The lowest BCUT2D eigenvalue weighted by molar-refractivity contribution is 0.0998. The maximum absolute atomic E-state index is 5.80. The van der Waals surface area contributed by atoms with E-state index in [1.165, 1.54) is 24.8 Å². The Hall–Kier alpha value is -0.800. The van der Waals surface area contributed by atoms with Crippen molar-refractivity contribution in [3.05, 3.63) is 23.2 Å². The molecule has 0 saturated heterocycles. The second kappa shape index (κ2) is 6.39. The van der Waals surface area contributed by atoms with Gasteiger partial charge in [-0.05, 0) is 30.9 Å². The minimum Gasteiger partial charge on any atom is -0.462 e. The van der Waals surface area contributed by atoms with E-state index in [1.54, 1.807) is 0 Å². The van der Waals surface area contributed by atoms with Crippen molar-refractivity contribution in [2.45, 2.75) is 59.2 Å². The molecule has 0 aromatic carbocycles. The number of nitrogens with one attached hydrogen (secondary N) is 1. The zero-order chi connectivity index (χ0) is 13.0. The maximum Gasteiger partial charge on any atom is 0.130 e. The minimum atomic E-state index is 0.479. The topological polar surface area (TPSA) is 34.4 Å². The van der Waals surface area contributed by atoms with E-state index in [9.17, 15) is 0 Å². The second-order valence-corrected chi connectivity index (χ2v) is 5.64. The van der Waals surface area contributed by atoms with Gasteiger partial charge in [-0.1, -0.05) is 26.7 Å². The second-order valence-electron chi connectivity index (χ2n) is 5.64. The van der Waals surface area contributed by atoms with Crippen molar-refractivity contribution in [1.29, 1.82) is 0 Å². The zero-order valence-corrected chi connectivity index (χ0v) is 11.8. The summed E-state index contributed by atoms with van der Waals surface area (Å²) in [4.78, 5) is 0. The van der Waals surface area contributed by atoms with Gasteiger partial charge in [0.05, 0.1) is 6.54 Å². The van der Waals surface area contributed by atoms with E-state index in [-0.39, 0.29) is 0 Å². The zero-order valence-electron chi connectivity index (χ0n) is 11.8. The summed E-state index contributed by atoms with van der Waals surface area (Å²) in [6, 6.07) is 2.57. The van der Waals surface area contributed by atoms with Crippen LogP contribution in [0.5, 0.6) is 0 Å². The summed E-state index contributed by atoms with van der Waals surface area (Å²) in [6.07, 6.45) is 4.00. The SMILES string of the molecule is Cc1cc(COCCC2CC2)oc1CNC(C)C. The Morgan fingerprint density at radius 1 is 1.44 bits per heavy atom. The normalized spacial score (nSPS) is 15.6. The van der Waals surface area contributed by atoms with Crippen LogP contribution in [0.1, 0.15) is 50.2 Å². The van der Waals surface area contributed by atoms with Gasteiger partial charge in [0.15, 0.2) is 0 Å². The number of hydrogen-bond donors (Lipinski definition) is 1. The molecule has 1 aromatic rings. The van der Waals surface area contributed by atoms with Crippen molar-refractivity contribution in [3.8, 4) is 0 Å². The van der Waals surface area contributed by atoms with E-state index in [1.807, 2.05) is 0 Å². The van der Waals surface area contributed by atoms with Crippen molar-refractivity contribution < 1.29 is 9.15 Å². The summed E-state index contributed by atoms with van der Waals surface area (Å²) in [6.45, 7) is 8.64. The van der Waals surface area contributed by atoms with Crippen LogP contribution in [0.2, 0.25) is 0 Å². The summed E-state index contributed by atoms with van der Waals surface area (Å²) in [5.74, 6) is 2.92. The molecular formula is C15H25NO2. The van der Waals surface area contributed by atoms with Gasteiger partial charge >= 0.3 is 0 Å². The molecule has 1 aliphatic rings. The monoisotopic (exact) mass is 251 g/mol. The van der Waals surface area contributed by atoms with Gasteiger partial charge < -0.3 is 14.5 Å². The average molecular weight is 251 g/mol. The quantitative estimate of drug-likeness (QED) is 0.719. The van der Waals surface area contributed by atoms with Gasteiger partial charge in [-0.2, -0.15) is 0 Å². The molecule has 1 aromatic heterocycles. The van der Waals surface area contributed by atoms with Crippen LogP contribution in [-0.4, -0.2) is 12.6 Å². The molecule has 1 N–H and O–H groups in total. The number of rotatable bonds is 8. The number of ether oxygens (including phenoxy) is 1. The number of furan rings is 1. The van der Waals surface area contributed by atoms with Crippen molar-refractivity contribution in [1.82, 2.24) is 5.32 Å². The minimum absolute atomic E-state index is 0.479. The lowest BCUT2D eigenvalue weighted by Gasteiger charge is -2.06. The van der Waals surface area contributed by atoms with Crippen molar-refractivity contribution in [2.24, 2.45) is 5.92 Å². The predicted molar refractivity (Wildman–Crippen MR) is 72.4 cm³/mol. The van der Waals surface area contributed by atoms with Crippen molar-refractivity contribution in [2.75, 3.05) is 6.61 Å². The summed E-state index contributed by atoms with van der Waals surface area (Å²) in [5, 5.41) is 3.37. The van der Waals surface area contributed by atoms with E-state index in [2.05, 4.69) is 32.2 Å². The van der Waals surface area contributed by atoms with Gasteiger partial charge in [-0.3, -0.25) is 0 Å². The van der Waals surface area contributed by atoms with Gasteiger partial charge in [0, 0.05) is 12.6 Å². The van der Waals surface area contributed by atoms with Crippen molar-refractivity contribution in [3.63, 3.8) is 0 Å². The molecule has 102 valence electrons.